The molecule has 8 heteroatoms. The summed E-state index contributed by atoms with van der Waals surface area (Å²) in [4.78, 5) is 12.8. The largest absolute Gasteiger partial charge is 0.494 e. The normalized spacial score (nSPS) is 12.3. The Morgan fingerprint density at radius 3 is 2.40 bits per heavy atom. The monoisotopic (exact) mass is 428 g/mol. The molecule has 1 amide bonds. The SMILES string of the molecule is CCOc1ccc(S(=O)(=O)N[C@H](Cc2ccccc2)C(=O)NCc2ccco2)cc1. The van der Waals surface area contributed by atoms with E-state index in [4.69, 9.17) is 9.15 Å². The van der Waals surface area contributed by atoms with Gasteiger partial charge in [0.25, 0.3) is 0 Å². The van der Waals surface area contributed by atoms with Crippen molar-refractivity contribution in [2.24, 2.45) is 0 Å². The quantitative estimate of drug-likeness (QED) is 0.518. The van der Waals surface area contributed by atoms with E-state index in [-0.39, 0.29) is 17.9 Å². The van der Waals surface area contributed by atoms with Gasteiger partial charge in [-0.1, -0.05) is 30.3 Å². The molecule has 3 aromatic rings. The maximum Gasteiger partial charge on any atom is 0.241 e. The molecule has 0 bridgehead atoms. The molecule has 0 spiro atoms. The van der Waals surface area contributed by atoms with Crippen LogP contribution >= 0.6 is 0 Å². The second kappa shape index (κ2) is 10.1. The van der Waals surface area contributed by atoms with E-state index in [1.807, 2.05) is 37.3 Å². The van der Waals surface area contributed by atoms with Gasteiger partial charge in [0.1, 0.15) is 17.6 Å². The number of hydrogen-bond acceptors (Lipinski definition) is 5. The first-order valence-corrected chi connectivity index (χ1v) is 11.1. The second-order valence-electron chi connectivity index (χ2n) is 6.57. The van der Waals surface area contributed by atoms with Crippen LogP contribution in [0.3, 0.4) is 0 Å². The molecule has 0 fully saturated rings. The van der Waals surface area contributed by atoms with Gasteiger partial charge in [-0.2, -0.15) is 4.72 Å². The van der Waals surface area contributed by atoms with Crippen LogP contribution in [0.25, 0.3) is 0 Å². The zero-order chi connectivity index (χ0) is 21.4. The molecule has 2 aromatic carbocycles. The van der Waals surface area contributed by atoms with Crippen molar-refractivity contribution in [1.82, 2.24) is 10.0 Å². The second-order valence-corrected chi connectivity index (χ2v) is 8.28. The van der Waals surface area contributed by atoms with E-state index >= 15 is 0 Å². The van der Waals surface area contributed by atoms with E-state index in [0.717, 1.165) is 5.56 Å². The highest BCUT2D eigenvalue weighted by Crippen LogP contribution is 2.17. The molecule has 1 atom stereocenters. The third kappa shape index (κ3) is 5.95. The first kappa shape index (κ1) is 21.6. The van der Waals surface area contributed by atoms with E-state index in [2.05, 4.69) is 10.0 Å². The van der Waals surface area contributed by atoms with Crippen LogP contribution in [0.15, 0.2) is 82.3 Å². The van der Waals surface area contributed by atoms with E-state index in [0.29, 0.717) is 18.1 Å². The molecule has 30 heavy (non-hydrogen) atoms. The molecule has 0 unspecified atom stereocenters. The van der Waals surface area contributed by atoms with E-state index in [1.54, 1.807) is 24.3 Å². The molecular formula is C22H24N2O5S. The predicted octanol–water partition coefficient (Wildman–Crippen LogP) is 2.88. The van der Waals surface area contributed by atoms with Gasteiger partial charge in [-0.3, -0.25) is 4.79 Å². The van der Waals surface area contributed by atoms with Gasteiger partial charge in [-0.05, 0) is 55.3 Å². The van der Waals surface area contributed by atoms with Crippen molar-refractivity contribution in [3.05, 3.63) is 84.3 Å². The standard InChI is InChI=1S/C22H24N2O5S/c1-2-28-18-10-12-20(13-11-18)30(26,27)24-21(15-17-7-4-3-5-8-17)22(25)23-16-19-9-6-14-29-19/h3-14,21,24H,2,15-16H2,1H3,(H,23,25)/t21-/m1/s1. The highest BCUT2D eigenvalue weighted by atomic mass is 32.2. The van der Waals surface area contributed by atoms with Crippen molar-refractivity contribution < 1.29 is 22.4 Å². The molecule has 7 nitrogen and oxygen atoms in total. The first-order chi connectivity index (χ1) is 14.5. The smallest absolute Gasteiger partial charge is 0.241 e. The van der Waals surface area contributed by atoms with Gasteiger partial charge >= 0.3 is 0 Å². The van der Waals surface area contributed by atoms with Gasteiger partial charge in [0, 0.05) is 0 Å². The number of carbonyl (C=O) groups is 1. The van der Waals surface area contributed by atoms with E-state index in [1.165, 1.54) is 18.4 Å². The zero-order valence-electron chi connectivity index (χ0n) is 16.6. The molecule has 1 aromatic heterocycles. The lowest BCUT2D eigenvalue weighted by molar-refractivity contribution is -0.122. The number of furan rings is 1. The highest BCUT2D eigenvalue weighted by Gasteiger charge is 2.26. The minimum atomic E-state index is -3.92. The summed E-state index contributed by atoms with van der Waals surface area (Å²) in [5.74, 6) is 0.717. The van der Waals surface area contributed by atoms with E-state index < -0.39 is 22.0 Å². The Kier molecular flexibility index (Phi) is 7.26. The third-order valence-electron chi connectivity index (χ3n) is 4.36. The zero-order valence-corrected chi connectivity index (χ0v) is 17.4. The average Bonchev–Trinajstić information content (AvgIpc) is 3.26. The number of rotatable bonds is 10. The van der Waals surface area contributed by atoms with Crippen LogP contribution in [0.4, 0.5) is 0 Å². The summed E-state index contributed by atoms with van der Waals surface area (Å²) in [6.07, 6.45) is 1.72. The molecular weight excluding hydrogens is 404 g/mol. The number of amides is 1. The van der Waals surface area contributed by atoms with Gasteiger partial charge in [-0.25, -0.2) is 8.42 Å². The summed E-state index contributed by atoms with van der Waals surface area (Å²) in [6, 6.07) is 17.8. The molecule has 0 aliphatic heterocycles. The fourth-order valence-corrected chi connectivity index (χ4v) is 4.08. The Morgan fingerprint density at radius 1 is 1.03 bits per heavy atom. The first-order valence-electron chi connectivity index (χ1n) is 9.57. The maximum atomic E-state index is 12.9. The fourth-order valence-electron chi connectivity index (χ4n) is 2.89. The Labute approximate surface area is 176 Å². The van der Waals surface area contributed by atoms with Crippen molar-refractivity contribution in [2.75, 3.05) is 6.61 Å². The lowest BCUT2D eigenvalue weighted by atomic mass is 10.1. The number of hydrogen-bond donors (Lipinski definition) is 2. The van der Waals surface area contributed by atoms with Crippen LogP contribution in [0.2, 0.25) is 0 Å². The fraction of sp³-hybridized carbons (Fsp3) is 0.227. The molecule has 3 rings (SSSR count). The van der Waals surface area contributed by atoms with Crippen molar-refractivity contribution in [1.29, 1.82) is 0 Å². The Hall–Kier alpha value is -3.10. The minimum Gasteiger partial charge on any atom is -0.494 e. The molecule has 158 valence electrons. The van der Waals surface area contributed by atoms with Crippen LogP contribution < -0.4 is 14.8 Å². The van der Waals surface area contributed by atoms with Crippen LogP contribution in [0, 0.1) is 0 Å². The van der Waals surface area contributed by atoms with Gasteiger partial charge in [-0.15, -0.1) is 0 Å². The number of ether oxygens (including phenoxy) is 1. The van der Waals surface area contributed by atoms with Crippen molar-refractivity contribution in [2.45, 2.75) is 30.8 Å². The number of nitrogens with one attached hydrogen (secondary N) is 2. The molecule has 2 N–H and O–H groups in total. The summed E-state index contributed by atoms with van der Waals surface area (Å²) in [5.41, 5.74) is 0.838. The third-order valence-corrected chi connectivity index (χ3v) is 5.85. The van der Waals surface area contributed by atoms with Crippen LogP contribution in [0.1, 0.15) is 18.2 Å². The van der Waals surface area contributed by atoms with Crippen LogP contribution in [0.5, 0.6) is 5.75 Å². The number of sulfonamides is 1. The summed E-state index contributed by atoms with van der Waals surface area (Å²) in [5, 5.41) is 2.73. The maximum absolute atomic E-state index is 12.9. The number of carbonyl (C=O) groups excluding carboxylic acids is 1. The van der Waals surface area contributed by atoms with Crippen molar-refractivity contribution in [3.8, 4) is 5.75 Å². The Morgan fingerprint density at radius 2 is 1.77 bits per heavy atom. The molecule has 0 aliphatic carbocycles. The Balaban J connectivity index is 1.76. The molecule has 0 saturated heterocycles. The summed E-state index contributed by atoms with van der Waals surface area (Å²) < 4.78 is 38.9. The van der Waals surface area contributed by atoms with Crippen molar-refractivity contribution in [3.63, 3.8) is 0 Å². The van der Waals surface area contributed by atoms with Gasteiger partial charge < -0.3 is 14.5 Å². The lowest BCUT2D eigenvalue weighted by Crippen LogP contribution is -2.47. The van der Waals surface area contributed by atoms with Gasteiger partial charge in [0.15, 0.2) is 0 Å². The lowest BCUT2D eigenvalue weighted by Gasteiger charge is -2.19. The highest BCUT2D eigenvalue weighted by molar-refractivity contribution is 7.89. The van der Waals surface area contributed by atoms with Gasteiger partial charge in [0.2, 0.25) is 15.9 Å². The van der Waals surface area contributed by atoms with Crippen LogP contribution in [-0.2, 0) is 27.8 Å². The molecule has 1 heterocycles. The predicted molar refractivity (Wildman–Crippen MR) is 112 cm³/mol. The van der Waals surface area contributed by atoms with Crippen LogP contribution in [-0.4, -0.2) is 27.0 Å². The molecule has 0 radical (unpaired) electrons. The summed E-state index contributed by atoms with van der Waals surface area (Å²) in [7, 11) is -3.92. The summed E-state index contributed by atoms with van der Waals surface area (Å²) >= 11 is 0. The topological polar surface area (TPSA) is 97.6 Å². The Bertz CT molecular complexity index is 1030. The molecule has 0 saturated carbocycles. The minimum absolute atomic E-state index is 0.0582. The number of benzene rings is 2. The van der Waals surface area contributed by atoms with Crippen molar-refractivity contribution >= 4 is 15.9 Å². The summed E-state index contributed by atoms with van der Waals surface area (Å²) in [6.45, 7) is 2.50. The molecule has 0 aliphatic rings. The van der Waals surface area contributed by atoms with E-state index in [9.17, 15) is 13.2 Å². The average molecular weight is 429 g/mol. The van der Waals surface area contributed by atoms with Gasteiger partial charge in [0.05, 0.1) is 24.3 Å².